The summed E-state index contributed by atoms with van der Waals surface area (Å²) in [4.78, 5) is 0. The van der Waals surface area contributed by atoms with Crippen LogP contribution in [0.25, 0.3) is 0 Å². The van der Waals surface area contributed by atoms with Crippen LogP contribution in [0.4, 0.5) is 0 Å². The van der Waals surface area contributed by atoms with E-state index in [1.807, 2.05) is 21.1 Å². The fourth-order valence-electron chi connectivity index (χ4n) is 0.434. The van der Waals surface area contributed by atoms with Crippen LogP contribution in [0.1, 0.15) is 0 Å². The van der Waals surface area contributed by atoms with Crippen molar-refractivity contribution < 1.29 is 17.3 Å². The quantitative estimate of drug-likeness (QED) is 0.487. The molecule has 0 aromatic rings. The molecule has 0 atom stereocenters. The van der Waals surface area contributed by atoms with E-state index < -0.39 is 20.1 Å². The van der Waals surface area contributed by atoms with E-state index in [2.05, 4.69) is 3.02 Å². The molecule has 0 heterocycles. The molecule has 0 radical (unpaired) electrons. The predicted octanol–water partition coefficient (Wildman–Crippen LogP) is -1.44. The first-order valence-electron chi connectivity index (χ1n) is 3.21. The van der Waals surface area contributed by atoms with Crippen LogP contribution in [0.2, 0.25) is 0 Å². The van der Waals surface area contributed by atoms with Gasteiger partial charge in [-0.05, 0) is 0 Å². The second-order valence-corrected chi connectivity index (χ2v) is 6.87. The molecule has 0 aromatic carbocycles. The van der Waals surface area contributed by atoms with E-state index in [1.54, 1.807) is 0 Å². The Balaban J connectivity index is 3.52. The summed E-state index contributed by atoms with van der Waals surface area (Å²) >= 11 is -5.08. The van der Waals surface area contributed by atoms with Crippen LogP contribution in [0.15, 0.2) is 0 Å². The SMILES string of the molecule is C[N+](C)(C)CC[O][Sb](=[O])([OH])[OH]. The van der Waals surface area contributed by atoms with Gasteiger partial charge in [-0.15, -0.1) is 0 Å². The van der Waals surface area contributed by atoms with Crippen LogP contribution in [0.3, 0.4) is 0 Å². The third kappa shape index (κ3) is 10.5. The molecule has 0 unspecified atom stereocenters. The van der Waals surface area contributed by atoms with E-state index in [0.29, 0.717) is 11.0 Å². The van der Waals surface area contributed by atoms with Crippen LogP contribution >= 0.6 is 0 Å². The van der Waals surface area contributed by atoms with Gasteiger partial charge in [0.1, 0.15) is 0 Å². The van der Waals surface area contributed by atoms with Gasteiger partial charge < -0.3 is 0 Å². The molecule has 68 valence electrons. The molecular weight excluding hydrogens is 260 g/mol. The first kappa shape index (κ1) is 11.5. The van der Waals surface area contributed by atoms with Crippen LogP contribution in [-0.2, 0) is 6.03 Å². The number of quaternary nitrogens is 1. The third-order valence-electron chi connectivity index (χ3n) is 1.02. The molecule has 0 spiro atoms. The zero-order valence-corrected chi connectivity index (χ0v) is 9.57. The standard InChI is InChI=1S/C5H13NO.2H2O.O.Sb/c1-6(2,3)4-5-7;;;;/h4-5H2,1-3H3;2*1H2;;/q;;;;+3/p-2. The molecule has 2 N–H and O–H groups in total. The molecular formula is C5H15NO4Sb+. The van der Waals surface area contributed by atoms with Gasteiger partial charge in [0.25, 0.3) is 0 Å². The van der Waals surface area contributed by atoms with Crippen molar-refractivity contribution in [1.82, 2.24) is 0 Å². The minimum atomic E-state index is -5.08. The van der Waals surface area contributed by atoms with Crippen molar-refractivity contribution in [3.8, 4) is 0 Å². The summed E-state index contributed by atoms with van der Waals surface area (Å²) in [5.41, 5.74) is 0. The molecule has 11 heavy (non-hydrogen) atoms. The Labute approximate surface area is 71.9 Å². The van der Waals surface area contributed by atoms with Crippen molar-refractivity contribution in [3.05, 3.63) is 0 Å². The Morgan fingerprint density at radius 2 is 1.82 bits per heavy atom. The van der Waals surface area contributed by atoms with Crippen LogP contribution in [-0.4, -0.2) is 65.6 Å². The molecule has 0 aliphatic carbocycles. The van der Waals surface area contributed by atoms with E-state index in [4.69, 9.17) is 6.77 Å². The maximum absolute atomic E-state index is 10.3. The number of rotatable bonds is 4. The van der Waals surface area contributed by atoms with E-state index in [-0.39, 0.29) is 6.61 Å². The molecule has 5 nitrogen and oxygen atoms in total. The topological polar surface area (TPSA) is 66.8 Å². The minimum absolute atomic E-state index is 0.117. The van der Waals surface area contributed by atoms with Gasteiger partial charge in [-0.3, -0.25) is 0 Å². The summed E-state index contributed by atoms with van der Waals surface area (Å²) in [6.45, 7) is 0.713. The molecule has 0 aromatic heterocycles. The molecule has 0 saturated heterocycles. The summed E-state index contributed by atoms with van der Waals surface area (Å²) in [7, 11) is 5.79. The molecule has 0 rings (SSSR count). The second-order valence-electron chi connectivity index (χ2n) is 3.34. The third-order valence-corrected chi connectivity index (χ3v) is 2.50. The van der Waals surface area contributed by atoms with Crippen molar-refractivity contribution in [2.75, 3.05) is 34.3 Å². The molecule has 6 heteroatoms. The first-order chi connectivity index (χ1) is 4.71. The average molecular weight is 275 g/mol. The van der Waals surface area contributed by atoms with Crippen LogP contribution in [0, 0.1) is 0 Å². The van der Waals surface area contributed by atoms with E-state index >= 15 is 0 Å². The number of likely N-dealkylation sites (N-methyl/N-ethyl adjacent to an activating group) is 1. The van der Waals surface area contributed by atoms with E-state index in [9.17, 15) is 3.02 Å². The predicted molar refractivity (Wildman–Crippen MR) is 39.7 cm³/mol. The zero-order chi connectivity index (χ0) is 9.12. The monoisotopic (exact) mass is 274 g/mol. The summed E-state index contributed by atoms with van der Waals surface area (Å²) in [5.74, 6) is 0. The van der Waals surface area contributed by atoms with Crippen LogP contribution in [0.5, 0.6) is 0 Å². The second kappa shape index (κ2) is 3.92. The Bertz CT molecular complexity index is 158. The molecule has 0 saturated carbocycles. The van der Waals surface area contributed by atoms with Crippen molar-refractivity contribution >= 4 is 20.1 Å². The summed E-state index contributed by atoms with van der Waals surface area (Å²) in [6, 6.07) is 0. The average Bonchev–Trinajstić information content (AvgIpc) is 1.55. The zero-order valence-electron chi connectivity index (χ0n) is 7.02. The van der Waals surface area contributed by atoms with E-state index in [0.717, 1.165) is 0 Å². The molecule has 0 fully saturated rings. The molecule has 0 amide bonds. The van der Waals surface area contributed by atoms with Gasteiger partial charge in [0.05, 0.1) is 0 Å². The number of hydrogen-bond donors (Lipinski definition) is 2. The summed E-state index contributed by atoms with van der Waals surface area (Å²) in [6.07, 6.45) is 0. The normalized spacial score (nSPS) is 13.5. The fraction of sp³-hybridized carbons (Fsp3) is 1.00. The van der Waals surface area contributed by atoms with Crippen molar-refractivity contribution in [2.24, 2.45) is 0 Å². The van der Waals surface area contributed by atoms with E-state index in [1.165, 1.54) is 0 Å². The Hall–Kier alpha value is 0.458. The Morgan fingerprint density at radius 1 is 1.36 bits per heavy atom. The summed E-state index contributed by atoms with van der Waals surface area (Å²) in [5, 5.41) is 0. The Morgan fingerprint density at radius 3 is 2.09 bits per heavy atom. The molecule has 0 bridgehead atoms. The van der Waals surface area contributed by atoms with Crippen LogP contribution < -0.4 is 0 Å². The van der Waals surface area contributed by atoms with Gasteiger partial charge >= 0.3 is 71.6 Å². The van der Waals surface area contributed by atoms with Gasteiger partial charge in [-0.25, -0.2) is 0 Å². The van der Waals surface area contributed by atoms with Gasteiger partial charge in [0, 0.05) is 0 Å². The Kier molecular flexibility index (Phi) is 4.08. The molecule has 0 aliphatic heterocycles. The summed E-state index contributed by atoms with van der Waals surface area (Å²) < 4.78 is 32.0. The first-order valence-corrected chi connectivity index (χ1v) is 7.58. The number of nitrogens with zero attached hydrogens (tertiary/aromatic N) is 1. The van der Waals surface area contributed by atoms with Gasteiger partial charge in [0.15, 0.2) is 0 Å². The molecule has 0 aliphatic rings. The van der Waals surface area contributed by atoms with Crippen molar-refractivity contribution in [3.63, 3.8) is 0 Å². The van der Waals surface area contributed by atoms with Crippen molar-refractivity contribution in [1.29, 1.82) is 0 Å². The van der Waals surface area contributed by atoms with Crippen molar-refractivity contribution in [2.45, 2.75) is 0 Å². The fourth-order valence-corrected chi connectivity index (χ4v) is 1.35. The maximum atomic E-state index is 10.3. The van der Waals surface area contributed by atoms with Gasteiger partial charge in [0.2, 0.25) is 0 Å². The number of hydrogen-bond acceptors (Lipinski definition) is 2. The van der Waals surface area contributed by atoms with Gasteiger partial charge in [-0.1, -0.05) is 0 Å². The van der Waals surface area contributed by atoms with Gasteiger partial charge in [-0.2, -0.15) is 0 Å².